The first-order chi connectivity index (χ1) is 11.1. The van der Waals surface area contributed by atoms with E-state index in [0.717, 1.165) is 0 Å². The average Bonchev–Trinajstić information content (AvgIpc) is 2.55. The predicted molar refractivity (Wildman–Crippen MR) is 87.2 cm³/mol. The summed E-state index contributed by atoms with van der Waals surface area (Å²) in [6.07, 6.45) is 3.10. The number of carbonyl (C=O) groups excluding carboxylic acids is 2. The summed E-state index contributed by atoms with van der Waals surface area (Å²) in [5.74, 6) is -0.448. The third-order valence-electron chi connectivity index (χ3n) is 3.10. The maximum Gasteiger partial charge on any atom is 0.319 e. The van der Waals surface area contributed by atoms with Crippen LogP contribution in [0.3, 0.4) is 0 Å². The molecule has 1 aromatic heterocycles. The molecule has 23 heavy (non-hydrogen) atoms. The van der Waals surface area contributed by atoms with Crippen LogP contribution in [0.4, 0.5) is 10.5 Å². The van der Waals surface area contributed by atoms with Crippen molar-refractivity contribution in [3.63, 3.8) is 0 Å². The van der Waals surface area contributed by atoms with Crippen LogP contribution in [-0.2, 0) is 9.53 Å². The molecule has 0 radical (unpaired) electrons. The maximum absolute atomic E-state index is 12.1. The fourth-order valence-electron chi connectivity index (χ4n) is 2.01. The van der Waals surface area contributed by atoms with Gasteiger partial charge in [-0.1, -0.05) is 29.8 Å². The molecule has 1 heterocycles. The van der Waals surface area contributed by atoms with Crippen LogP contribution in [0.2, 0.25) is 5.02 Å². The summed E-state index contributed by atoms with van der Waals surface area (Å²) in [6, 6.07) is 9.35. The molecule has 120 valence electrons. The van der Waals surface area contributed by atoms with Crippen molar-refractivity contribution in [1.82, 2.24) is 10.3 Å². The van der Waals surface area contributed by atoms with E-state index in [1.165, 1.54) is 13.3 Å². The van der Waals surface area contributed by atoms with Gasteiger partial charge < -0.3 is 15.4 Å². The van der Waals surface area contributed by atoms with E-state index < -0.39 is 18.0 Å². The second kappa shape index (κ2) is 8.14. The molecule has 0 saturated heterocycles. The zero-order valence-corrected chi connectivity index (χ0v) is 13.2. The number of nitrogens with one attached hydrogen (secondary N) is 2. The molecule has 2 amide bonds. The lowest BCUT2D eigenvalue weighted by Gasteiger charge is -2.19. The number of methoxy groups -OCH3 is 1. The molecule has 1 aromatic carbocycles. The Bertz CT molecular complexity index is 679. The number of esters is 1. The first kappa shape index (κ1) is 16.8. The summed E-state index contributed by atoms with van der Waals surface area (Å²) >= 11 is 6.16. The highest BCUT2D eigenvalue weighted by Gasteiger charge is 2.21. The van der Waals surface area contributed by atoms with Crippen molar-refractivity contribution in [3.8, 4) is 0 Å². The zero-order chi connectivity index (χ0) is 16.7. The van der Waals surface area contributed by atoms with E-state index >= 15 is 0 Å². The number of nitrogens with zero attached hydrogens (tertiary/aromatic N) is 1. The number of rotatable bonds is 5. The standard InChI is InChI=1S/C16H16ClN3O3/c1-23-15(21)9-14(12-6-2-3-7-13(12)17)20-16(22)19-11-5-4-8-18-10-11/h2-8,10,14H,9H2,1H3,(H2,19,20,22). The fourth-order valence-corrected chi connectivity index (χ4v) is 2.28. The van der Waals surface area contributed by atoms with E-state index in [4.69, 9.17) is 11.6 Å². The van der Waals surface area contributed by atoms with Crippen molar-refractivity contribution < 1.29 is 14.3 Å². The van der Waals surface area contributed by atoms with E-state index in [9.17, 15) is 9.59 Å². The number of amides is 2. The summed E-state index contributed by atoms with van der Waals surface area (Å²) in [5, 5.41) is 5.83. The number of hydrogen-bond acceptors (Lipinski definition) is 4. The minimum atomic E-state index is -0.604. The minimum absolute atomic E-state index is 0.0271. The van der Waals surface area contributed by atoms with Gasteiger partial charge in [-0.05, 0) is 23.8 Å². The van der Waals surface area contributed by atoms with E-state index in [2.05, 4.69) is 20.4 Å². The second-order valence-electron chi connectivity index (χ2n) is 4.69. The Labute approximate surface area is 138 Å². The molecule has 0 aliphatic rings. The number of pyridine rings is 1. The molecular formula is C16H16ClN3O3. The third kappa shape index (κ3) is 4.96. The molecule has 0 aliphatic heterocycles. The molecule has 2 aromatic rings. The maximum atomic E-state index is 12.1. The SMILES string of the molecule is COC(=O)CC(NC(=O)Nc1cccnc1)c1ccccc1Cl. The van der Waals surface area contributed by atoms with Crippen molar-refractivity contribution in [3.05, 3.63) is 59.4 Å². The van der Waals surface area contributed by atoms with Crippen LogP contribution < -0.4 is 10.6 Å². The lowest BCUT2D eigenvalue weighted by Crippen LogP contribution is -2.34. The Morgan fingerprint density at radius 1 is 1.26 bits per heavy atom. The van der Waals surface area contributed by atoms with Crippen LogP contribution in [0.1, 0.15) is 18.0 Å². The Kier molecular flexibility index (Phi) is 5.94. The number of ether oxygens (including phenoxy) is 1. The molecule has 0 fully saturated rings. The van der Waals surface area contributed by atoms with Gasteiger partial charge in [0.05, 0.1) is 31.5 Å². The molecule has 2 N–H and O–H groups in total. The molecule has 6 nitrogen and oxygen atoms in total. The van der Waals surface area contributed by atoms with E-state index in [1.54, 1.807) is 42.6 Å². The lowest BCUT2D eigenvalue weighted by atomic mass is 10.0. The van der Waals surface area contributed by atoms with E-state index in [1.807, 2.05) is 0 Å². The molecular weight excluding hydrogens is 318 g/mol. The van der Waals surface area contributed by atoms with Crippen LogP contribution >= 0.6 is 11.6 Å². The molecule has 0 aliphatic carbocycles. The number of hydrogen-bond donors (Lipinski definition) is 2. The van der Waals surface area contributed by atoms with Gasteiger partial charge in [-0.2, -0.15) is 0 Å². The van der Waals surface area contributed by atoms with Gasteiger partial charge in [0, 0.05) is 11.2 Å². The second-order valence-corrected chi connectivity index (χ2v) is 5.10. The van der Waals surface area contributed by atoms with Gasteiger partial charge in [-0.25, -0.2) is 4.79 Å². The highest BCUT2D eigenvalue weighted by molar-refractivity contribution is 6.31. The quantitative estimate of drug-likeness (QED) is 0.824. The van der Waals surface area contributed by atoms with Gasteiger partial charge in [0.25, 0.3) is 0 Å². The van der Waals surface area contributed by atoms with Crippen molar-refractivity contribution >= 4 is 29.3 Å². The first-order valence-electron chi connectivity index (χ1n) is 6.89. The van der Waals surface area contributed by atoms with Crippen LogP contribution in [0, 0.1) is 0 Å². The summed E-state index contributed by atoms with van der Waals surface area (Å²) < 4.78 is 4.68. The Morgan fingerprint density at radius 2 is 2.04 bits per heavy atom. The molecule has 1 unspecified atom stereocenters. The Morgan fingerprint density at radius 3 is 2.70 bits per heavy atom. The number of anilines is 1. The number of benzene rings is 1. The van der Waals surface area contributed by atoms with Crippen molar-refractivity contribution in [1.29, 1.82) is 0 Å². The smallest absolute Gasteiger partial charge is 0.319 e. The van der Waals surface area contributed by atoms with Gasteiger partial charge in [0.2, 0.25) is 0 Å². The number of carbonyl (C=O) groups is 2. The molecule has 2 rings (SSSR count). The molecule has 0 spiro atoms. The highest BCUT2D eigenvalue weighted by Crippen LogP contribution is 2.25. The van der Waals surface area contributed by atoms with Gasteiger partial charge in [0.15, 0.2) is 0 Å². The van der Waals surface area contributed by atoms with Crippen LogP contribution in [0.5, 0.6) is 0 Å². The van der Waals surface area contributed by atoms with Gasteiger partial charge in [0.1, 0.15) is 0 Å². The monoisotopic (exact) mass is 333 g/mol. The molecule has 7 heteroatoms. The first-order valence-corrected chi connectivity index (χ1v) is 7.26. The normalized spacial score (nSPS) is 11.4. The average molecular weight is 334 g/mol. The number of halogens is 1. The van der Waals surface area contributed by atoms with Crippen molar-refractivity contribution in [2.45, 2.75) is 12.5 Å². The van der Waals surface area contributed by atoms with Crippen molar-refractivity contribution in [2.75, 3.05) is 12.4 Å². The van der Waals surface area contributed by atoms with Crippen LogP contribution in [0.15, 0.2) is 48.8 Å². The summed E-state index contributed by atoms with van der Waals surface area (Å²) in [6.45, 7) is 0. The Hall–Kier alpha value is -2.60. The minimum Gasteiger partial charge on any atom is -0.469 e. The van der Waals surface area contributed by atoms with Gasteiger partial charge in [-0.3, -0.25) is 9.78 Å². The van der Waals surface area contributed by atoms with Crippen LogP contribution in [0.25, 0.3) is 0 Å². The largest absolute Gasteiger partial charge is 0.469 e. The fraction of sp³-hybridized carbons (Fsp3) is 0.188. The predicted octanol–water partition coefficient (Wildman–Crippen LogP) is 3.16. The number of urea groups is 1. The zero-order valence-electron chi connectivity index (χ0n) is 12.5. The van der Waals surface area contributed by atoms with Crippen molar-refractivity contribution in [2.24, 2.45) is 0 Å². The van der Waals surface area contributed by atoms with Gasteiger partial charge in [-0.15, -0.1) is 0 Å². The topological polar surface area (TPSA) is 80.3 Å². The van der Waals surface area contributed by atoms with E-state index in [0.29, 0.717) is 16.3 Å². The molecule has 0 bridgehead atoms. The summed E-state index contributed by atoms with van der Waals surface area (Å²) in [4.78, 5) is 27.6. The lowest BCUT2D eigenvalue weighted by molar-refractivity contribution is -0.141. The van der Waals surface area contributed by atoms with Crippen LogP contribution in [-0.4, -0.2) is 24.1 Å². The molecule has 0 saturated carbocycles. The van der Waals surface area contributed by atoms with Gasteiger partial charge >= 0.3 is 12.0 Å². The molecule has 1 atom stereocenters. The van der Waals surface area contributed by atoms with E-state index in [-0.39, 0.29) is 6.42 Å². The summed E-state index contributed by atoms with van der Waals surface area (Å²) in [5.41, 5.74) is 1.18. The summed E-state index contributed by atoms with van der Waals surface area (Å²) in [7, 11) is 1.29. The highest BCUT2D eigenvalue weighted by atomic mass is 35.5. The Balaban J connectivity index is 2.13. The number of aromatic nitrogens is 1. The third-order valence-corrected chi connectivity index (χ3v) is 3.45.